The molecule has 0 saturated carbocycles. The van der Waals surface area contributed by atoms with Crippen LogP contribution in [-0.4, -0.2) is 18.6 Å². The summed E-state index contributed by atoms with van der Waals surface area (Å²) in [6, 6.07) is 14.0. The Balaban J connectivity index is 1.71. The van der Waals surface area contributed by atoms with Gasteiger partial charge in [0, 0.05) is 5.69 Å². The lowest BCUT2D eigenvalue weighted by Crippen LogP contribution is -2.13. The zero-order valence-electron chi connectivity index (χ0n) is 12.5. The van der Waals surface area contributed by atoms with Crippen molar-refractivity contribution in [1.29, 1.82) is 0 Å². The summed E-state index contributed by atoms with van der Waals surface area (Å²) in [7, 11) is -3.71. The fourth-order valence-corrected chi connectivity index (χ4v) is 4.35. The van der Waals surface area contributed by atoms with Crippen molar-refractivity contribution in [2.45, 2.75) is 11.1 Å². The number of sulfonamides is 1. The van der Waals surface area contributed by atoms with E-state index in [9.17, 15) is 8.42 Å². The molecule has 0 atom stereocenters. The maximum atomic E-state index is 12.2. The zero-order chi connectivity index (χ0) is 17.2. The Morgan fingerprint density at radius 2 is 1.62 bits per heavy atom. The number of thiophene rings is 1. The maximum Gasteiger partial charge on any atom is 0.272 e. The summed E-state index contributed by atoms with van der Waals surface area (Å²) in [5.41, 5.74) is 2.03. The van der Waals surface area contributed by atoms with Gasteiger partial charge < -0.3 is 5.32 Å². The fraction of sp³-hybridized carbons (Fsp3) is 0.0667. The zero-order valence-corrected chi connectivity index (χ0v) is 14.9. The number of benzene rings is 1. The van der Waals surface area contributed by atoms with Crippen LogP contribution in [-0.2, 0) is 10.0 Å². The molecule has 0 saturated heterocycles. The smallest absolute Gasteiger partial charge is 0.272 e. The number of nitrogens with zero attached hydrogens (tertiary/aromatic N) is 2. The monoisotopic (exact) mass is 380 g/mol. The predicted octanol–water partition coefficient (Wildman–Crippen LogP) is 4.04. The van der Waals surface area contributed by atoms with E-state index in [-0.39, 0.29) is 10.0 Å². The number of hydrogen-bond donors (Lipinski definition) is 2. The Hall–Kier alpha value is -2.16. The van der Waals surface area contributed by atoms with Crippen LogP contribution >= 0.6 is 22.9 Å². The number of halogens is 1. The average Bonchev–Trinajstić information content (AvgIpc) is 2.99. The average molecular weight is 381 g/mol. The summed E-state index contributed by atoms with van der Waals surface area (Å²) in [6.45, 7) is 2.01. The van der Waals surface area contributed by atoms with Gasteiger partial charge in [-0.2, -0.15) is 0 Å². The van der Waals surface area contributed by atoms with Crippen molar-refractivity contribution in [3.05, 3.63) is 58.4 Å². The highest BCUT2D eigenvalue weighted by molar-refractivity contribution is 7.94. The topological polar surface area (TPSA) is 84.0 Å². The Labute approximate surface area is 148 Å². The first-order valence-corrected chi connectivity index (χ1v) is 9.56. The first-order valence-electron chi connectivity index (χ1n) is 6.88. The van der Waals surface area contributed by atoms with E-state index in [2.05, 4.69) is 20.2 Å². The molecule has 2 aromatic heterocycles. The van der Waals surface area contributed by atoms with Crippen LogP contribution in [0.3, 0.4) is 0 Å². The lowest BCUT2D eigenvalue weighted by molar-refractivity contribution is 0.603. The van der Waals surface area contributed by atoms with Gasteiger partial charge in [-0.3, -0.25) is 4.72 Å². The van der Waals surface area contributed by atoms with E-state index in [1.54, 1.807) is 6.07 Å². The predicted molar refractivity (Wildman–Crippen MR) is 96.6 cm³/mol. The van der Waals surface area contributed by atoms with E-state index in [1.165, 1.54) is 18.2 Å². The van der Waals surface area contributed by atoms with Crippen molar-refractivity contribution in [3.63, 3.8) is 0 Å². The molecule has 6 nitrogen and oxygen atoms in total. The van der Waals surface area contributed by atoms with E-state index in [0.717, 1.165) is 22.6 Å². The molecule has 0 aliphatic carbocycles. The van der Waals surface area contributed by atoms with Gasteiger partial charge in [-0.05, 0) is 43.3 Å². The second kappa shape index (κ2) is 6.76. The second-order valence-electron chi connectivity index (χ2n) is 4.96. The second-order valence-corrected chi connectivity index (χ2v) is 8.58. The highest BCUT2D eigenvalue weighted by atomic mass is 35.5. The van der Waals surface area contributed by atoms with Crippen molar-refractivity contribution in [2.24, 2.45) is 0 Å². The van der Waals surface area contributed by atoms with E-state index < -0.39 is 10.0 Å². The van der Waals surface area contributed by atoms with Gasteiger partial charge in [0.15, 0.2) is 11.6 Å². The Morgan fingerprint density at radius 1 is 0.958 bits per heavy atom. The van der Waals surface area contributed by atoms with E-state index in [1.807, 2.05) is 31.2 Å². The van der Waals surface area contributed by atoms with Crippen LogP contribution in [0.2, 0.25) is 4.34 Å². The summed E-state index contributed by atoms with van der Waals surface area (Å²) in [4.78, 5) is 0. The van der Waals surface area contributed by atoms with Crippen molar-refractivity contribution in [1.82, 2.24) is 10.2 Å². The molecule has 124 valence electrons. The number of anilines is 3. The standard InChI is InChI=1S/C15H13ClN4O2S2/c1-10-2-4-11(5-3-10)17-13-7-8-14(19-18-13)20-24(21,22)15-9-6-12(16)23-15/h2-9H,1H3,(H,17,18)(H,19,20). The normalized spacial score (nSPS) is 11.2. The summed E-state index contributed by atoms with van der Waals surface area (Å²) in [5, 5.41) is 10.9. The first kappa shape index (κ1) is 16.7. The molecule has 3 rings (SSSR count). The van der Waals surface area contributed by atoms with Crippen LogP contribution in [0, 0.1) is 6.92 Å². The molecule has 0 bridgehead atoms. The molecule has 0 fully saturated rings. The number of aromatic nitrogens is 2. The summed E-state index contributed by atoms with van der Waals surface area (Å²) in [5.74, 6) is 0.648. The molecule has 24 heavy (non-hydrogen) atoms. The van der Waals surface area contributed by atoms with Gasteiger partial charge in [0.25, 0.3) is 10.0 Å². The third kappa shape index (κ3) is 4.02. The highest BCUT2D eigenvalue weighted by Gasteiger charge is 2.17. The number of aryl methyl sites for hydroxylation is 1. The molecular weight excluding hydrogens is 368 g/mol. The highest BCUT2D eigenvalue weighted by Crippen LogP contribution is 2.27. The van der Waals surface area contributed by atoms with Crippen LogP contribution in [0.15, 0.2) is 52.7 Å². The van der Waals surface area contributed by atoms with Gasteiger partial charge in [0.1, 0.15) is 4.21 Å². The first-order chi connectivity index (χ1) is 11.4. The molecule has 0 aliphatic rings. The quantitative estimate of drug-likeness (QED) is 0.697. The fourth-order valence-electron chi connectivity index (χ4n) is 1.87. The molecule has 1 aromatic carbocycles. The van der Waals surface area contributed by atoms with Gasteiger partial charge in [0.2, 0.25) is 0 Å². The van der Waals surface area contributed by atoms with E-state index >= 15 is 0 Å². The largest absolute Gasteiger partial charge is 0.339 e. The molecular formula is C15H13ClN4O2S2. The van der Waals surface area contributed by atoms with Gasteiger partial charge in [-0.15, -0.1) is 21.5 Å². The molecule has 0 aliphatic heterocycles. The Morgan fingerprint density at radius 3 is 2.21 bits per heavy atom. The van der Waals surface area contributed by atoms with Crippen molar-refractivity contribution in [3.8, 4) is 0 Å². The van der Waals surface area contributed by atoms with Crippen molar-refractivity contribution < 1.29 is 8.42 Å². The Bertz CT molecular complexity index is 938. The maximum absolute atomic E-state index is 12.2. The molecule has 0 spiro atoms. The molecule has 0 unspecified atom stereocenters. The third-order valence-corrected chi connectivity index (χ3v) is 6.12. The van der Waals surface area contributed by atoms with Gasteiger partial charge in [-0.25, -0.2) is 8.42 Å². The van der Waals surface area contributed by atoms with Crippen LogP contribution in [0.1, 0.15) is 5.56 Å². The number of hydrogen-bond acceptors (Lipinski definition) is 6. The minimum atomic E-state index is -3.71. The van der Waals surface area contributed by atoms with Crippen LogP contribution < -0.4 is 10.0 Å². The van der Waals surface area contributed by atoms with Crippen LogP contribution in [0.25, 0.3) is 0 Å². The number of rotatable bonds is 5. The lowest BCUT2D eigenvalue weighted by Gasteiger charge is -2.07. The van der Waals surface area contributed by atoms with E-state index in [4.69, 9.17) is 11.6 Å². The molecule has 0 amide bonds. The minimum absolute atomic E-state index is 0.121. The SMILES string of the molecule is Cc1ccc(Nc2ccc(NS(=O)(=O)c3ccc(Cl)s3)nn2)cc1. The summed E-state index contributed by atoms with van der Waals surface area (Å²) < 4.78 is 27.3. The molecule has 2 N–H and O–H groups in total. The summed E-state index contributed by atoms with van der Waals surface area (Å²) in [6.07, 6.45) is 0. The summed E-state index contributed by atoms with van der Waals surface area (Å²) >= 11 is 6.74. The third-order valence-electron chi connectivity index (χ3n) is 3.04. The van der Waals surface area contributed by atoms with Gasteiger partial charge in [-0.1, -0.05) is 29.3 Å². The molecule has 2 heterocycles. The Kier molecular flexibility index (Phi) is 4.70. The lowest BCUT2D eigenvalue weighted by atomic mass is 10.2. The van der Waals surface area contributed by atoms with Crippen molar-refractivity contribution in [2.75, 3.05) is 10.0 Å². The van der Waals surface area contributed by atoms with Crippen molar-refractivity contribution >= 4 is 50.3 Å². The molecule has 0 radical (unpaired) electrons. The molecule has 9 heteroatoms. The van der Waals surface area contributed by atoms with E-state index in [0.29, 0.717) is 10.2 Å². The number of nitrogens with one attached hydrogen (secondary N) is 2. The molecule has 3 aromatic rings. The minimum Gasteiger partial charge on any atom is -0.339 e. The van der Waals surface area contributed by atoms with Crippen LogP contribution in [0.5, 0.6) is 0 Å². The van der Waals surface area contributed by atoms with Gasteiger partial charge >= 0.3 is 0 Å². The van der Waals surface area contributed by atoms with Gasteiger partial charge in [0.05, 0.1) is 4.34 Å². The van der Waals surface area contributed by atoms with Crippen LogP contribution in [0.4, 0.5) is 17.3 Å².